The molecule has 1 atom stereocenters. The number of hydrogen-bond acceptors (Lipinski definition) is 5. The molecule has 0 saturated carbocycles. The van der Waals surface area contributed by atoms with E-state index >= 15 is 0 Å². The summed E-state index contributed by atoms with van der Waals surface area (Å²) in [5.41, 5.74) is 3.07. The van der Waals surface area contributed by atoms with Crippen LogP contribution in [0.3, 0.4) is 0 Å². The first-order valence-corrected chi connectivity index (χ1v) is 8.34. The third-order valence-electron chi connectivity index (χ3n) is 3.45. The molecule has 140 valence electrons. The molecule has 26 heavy (non-hydrogen) atoms. The molecule has 2 rings (SSSR count). The van der Waals surface area contributed by atoms with Gasteiger partial charge in [-0.15, -0.1) is 0 Å². The van der Waals surface area contributed by atoms with Crippen molar-refractivity contribution in [3.8, 4) is 0 Å². The number of pyridine rings is 1. The van der Waals surface area contributed by atoms with Gasteiger partial charge in [0.2, 0.25) is 0 Å². The van der Waals surface area contributed by atoms with Crippen molar-refractivity contribution in [2.24, 2.45) is 5.73 Å². The molecule has 0 spiro atoms. The molecule has 0 aliphatic heterocycles. The third-order valence-corrected chi connectivity index (χ3v) is 4.48. The number of amides is 1. The zero-order valence-corrected chi connectivity index (χ0v) is 14.7. The van der Waals surface area contributed by atoms with Crippen molar-refractivity contribution >= 4 is 23.5 Å². The molecule has 0 fully saturated rings. The van der Waals surface area contributed by atoms with E-state index in [9.17, 15) is 22.4 Å². The van der Waals surface area contributed by atoms with E-state index in [4.69, 9.17) is 5.73 Å². The fourth-order valence-corrected chi connectivity index (χ4v) is 2.82. The van der Waals surface area contributed by atoms with Crippen LogP contribution >= 0.6 is 11.9 Å². The van der Waals surface area contributed by atoms with Gasteiger partial charge in [-0.05, 0) is 26.1 Å². The minimum absolute atomic E-state index is 0.142. The molecule has 1 aromatic carbocycles. The van der Waals surface area contributed by atoms with E-state index in [-0.39, 0.29) is 5.75 Å². The van der Waals surface area contributed by atoms with Gasteiger partial charge in [-0.1, -0.05) is 11.9 Å². The Balaban J connectivity index is 2.36. The highest BCUT2D eigenvalue weighted by Gasteiger charge is 2.31. The van der Waals surface area contributed by atoms with Crippen LogP contribution in [0.15, 0.2) is 24.4 Å². The number of aromatic nitrogens is 1. The monoisotopic (exact) mass is 388 g/mol. The molecule has 2 aromatic rings. The van der Waals surface area contributed by atoms with E-state index in [0.717, 1.165) is 24.1 Å². The van der Waals surface area contributed by atoms with Gasteiger partial charge in [0.1, 0.15) is 11.6 Å². The number of carbonyl (C=O) groups excluding carboxylic acids is 1. The lowest BCUT2D eigenvalue weighted by atomic mass is 9.93. The molecule has 0 aliphatic rings. The van der Waals surface area contributed by atoms with E-state index in [1.165, 1.54) is 6.92 Å². The second-order valence-corrected chi connectivity index (χ2v) is 6.62. The van der Waals surface area contributed by atoms with E-state index in [0.29, 0.717) is 12.3 Å². The van der Waals surface area contributed by atoms with Crippen LogP contribution in [-0.2, 0) is 5.54 Å². The van der Waals surface area contributed by atoms with Gasteiger partial charge < -0.3 is 11.1 Å². The predicted octanol–water partition coefficient (Wildman–Crippen LogP) is 2.93. The number of carbonyl (C=O) groups is 1. The molecule has 0 aliphatic carbocycles. The molecule has 1 heterocycles. The van der Waals surface area contributed by atoms with Crippen LogP contribution in [0.4, 0.5) is 23.2 Å². The highest BCUT2D eigenvalue weighted by Crippen LogP contribution is 2.31. The predicted molar refractivity (Wildman–Crippen MR) is 91.5 cm³/mol. The van der Waals surface area contributed by atoms with Crippen LogP contribution in [0.25, 0.3) is 0 Å². The number of anilines is 1. The summed E-state index contributed by atoms with van der Waals surface area (Å²) in [6.07, 6.45) is 0.649. The SMILES string of the molecule is CNSCC(C)(N)c1c(F)ccc(NC(=O)c2ncc(F)cc2F)c1F. The molecule has 0 radical (unpaired) electrons. The molecule has 0 saturated heterocycles. The van der Waals surface area contributed by atoms with Crippen molar-refractivity contribution in [1.82, 2.24) is 9.71 Å². The van der Waals surface area contributed by atoms with E-state index < -0.39 is 51.7 Å². The molecule has 1 amide bonds. The minimum atomic E-state index is -1.39. The summed E-state index contributed by atoms with van der Waals surface area (Å²) in [5, 5.41) is 2.10. The van der Waals surface area contributed by atoms with E-state index in [1.807, 2.05) is 0 Å². The van der Waals surface area contributed by atoms with Crippen molar-refractivity contribution in [2.45, 2.75) is 12.5 Å². The number of nitrogens with two attached hydrogens (primary N) is 1. The van der Waals surface area contributed by atoms with Gasteiger partial charge in [0.25, 0.3) is 5.91 Å². The van der Waals surface area contributed by atoms with Crippen LogP contribution < -0.4 is 15.8 Å². The Morgan fingerprint density at radius 1 is 1.27 bits per heavy atom. The summed E-state index contributed by atoms with van der Waals surface area (Å²) < 4.78 is 58.2. The van der Waals surface area contributed by atoms with Crippen LogP contribution in [0, 0.1) is 23.3 Å². The van der Waals surface area contributed by atoms with Gasteiger partial charge in [0.05, 0.1) is 17.4 Å². The molecule has 5 nitrogen and oxygen atoms in total. The maximum Gasteiger partial charge on any atom is 0.277 e. The summed E-state index contributed by atoms with van der Waals surface area (Å²) in [7, 11) is 1.63. The lowest BCUT2D eigenvalue weighted by Gasteiger charge is -2.26. The highest BCUT2D eigenvalue weighted by atomic mass is 32.2. The normalized spacial score (nSPS) is 13.3. The van der Waals surface area contributed by atoms with Crippen LogP contribution in [-0.4, -0.2) is 23.7 Å². The fourth-order valence-electron chi connectivity index (χ4n) is 2.23. The first kappa shape index (κ1) is 20.1. The summed E-state index contributed by atoms with van der Waals surface area (Å²) in [5.74, 6) is -5.10. The standard InChI is InChI=1S/C16H16F4N4OS/c1-16(21,7-26-22-2)12-9(18)3-4-11(13(12)20)24-15(25)14-10(19)5-8(17)6-23-14/h3-6,22H,7,21H2,1-2H3,(H,24,25). The maximum atomic E-state index is 14.8. The summed E-state index contributed by atoms with van der Waals surface area (Å²) >= 11 is 1.16. The smallest absolute Gasteiger partial charge is 0.277 e. The molecule has 4 N–H and O–H groups in total. The van der Waals surface area contributed by atoms with Crippen LogP contribution in [0.2, 0.25) is 0 Å². The average molecular weight is 388 g/mol. The lowest BCUT2D eigenvalue weighted by Crippen LogP contribution is -2.39. The molecule has 0 bridgehead atoms. The lowest BCUT2D eigenvalue weighted by molar-refractivity contribution is 0.101. The van der Waals surface area contributed by atoms with Gasteiger partial charge in [0.15, 0.2) is 17.3 Å². The molecule has 10 heteroatoms. The molecule has 1 unspecified atom stereocenters. The number of benzene rings is 1. The second-order valence-electron chi connectivity index (χ2n) is 5.63. The number of rotatable bonds is 6. The first-order valence-electron chi connectivity index (χ1n) is 7.35. The average Bonchev–Trinajstić information content (AvgIpc) is 2.55. The molecular formula is C16H16F4N4OS. The number of halogens is 4. The van der Waals surface area contributed by atoms with Crippen molar-refractivity contribution in [3.63, 3.8) is 0 Å². The highest BCUT2D eigenvalue weighted by molar-refractivity contribution is 7.97. The number of hydrogen-bond donors (Lipinski definition) is 3. The Hall–Kier alpha value is -2.17. The van der Waals surface area contributed by atoms with Gasteiger partial charge >= 0.3 is 0 Å². The van der Waals surface area contributed by atoms with Crippen LogP contribution in [0.1, 0.15) is 23.0 Å². The van der Waals surface area contributed by atoms with Crippen molar-refractivity contribution in [1.29, 1.82) is 0 Å². The van der Waals surface area contributed by atoms with E-state index in [2.05, 4.69) is 15.0 Å². The minimum Gasteiger partial charge on any atom is -0.321 e. The summed E-state index contributed by atoms with van der Waals surface area (Å²) in [6.45, 7) is 1.44. The Kier molecular flexibility index (Phi) is 6.21. The Morgan fingerprint density at radius 2 is 1.96 bits per heavy atom. The Bertz CT molecular complexity index is 832. The van der Waals surface area contributed by atoms with Gasteiger partial charge in [-0.3, -0.25) is 9.52 Å². The topological polar surface area (TPSA) is 80.0 Å². The largest absolute Gasteiger partial charge is 0.321 e. The maximum absolute atomic E-state index is 14.8. The Labute approximate surface area is 151 Å². The van der Waals surface area contributed by atoms with Crippen molar-refractivity contribution in [2.75, 3.05) is 18.1 Å². The van der Waals surface area contributed by atoms with Gasteiger partial charge in [0, 0.05) is 17.4 Å². The van der Waals surface area contributed by atoms with Crippen molar-refractivity contribution in [3.05, 3.63) is 58.9 Å². The zero-order chi connectivity index (χ0) is 19.5. The fraction of sp³-hybridized carbons (Fsp3) is 0.250. The summed E-state index contributed by atoms with van der Waals surface area (Å²) in [6, 6.07) is 2.40. The zero-order valence-electron chi connectivity index (χ0n) is 13.9. The molecule has 1 aromatic heterocycles. The molecular weight excluding hydrogens is 372 g/mol. The Morgan fingerprint density at radius 3 is 2.58 bits per heavy atom. The summed E-state index contributed by atoms with van der Waals surface area (Å²) in [4.78, 5) is 15.4. The third kappa shape index (κ3) is 4.32. The first-order chi connectivity index (χ1) is 12.2. The van der Waals surface area contributed by atoms with E-state index in [1.54, 1.807) is 7.05 Å². The van der Waals surface area contributed by atoms with Gasteiger partial charge in [-0.25, -0.2) is 22.5 Å². The number of nitrogens with one attached hydrogen (secondary N) is 2. The number of nitrogens with zero attached hydrogens (tertiary/aromatic N) is 1. The second kappa shape index (κ2) is 8.02. The van der Waals surface area contributed by atoms with Gasteiger partial charge in [-0.2, -0.15) is 0 Å². The van der Waals surface area contributed by atoms with Crippen molar-refractivity contribution < 1.29 is 22.4 Å². The quantitative estimate of drug-likeness (QED) is 0.524. The van der Waals surface area contributed by atoms with Crippen LogP contribution in [0.5, 0.6) is 0 Å².